The molecule has 1 aliphatic rings. The molecule has 27 heavy (non-hydrogen) atoms. The molecule has 0 saturated heterocycles. The zero-order valence-corrected chi connectivity index (χ0v) is 19.5. The average molecular weight is 401 g/mol. The van der Waals surface area contributed by atoms with E-state index in [1.165, 1.54) is 0 Å². The molecule has 1 rings (SSSR count). The van der Waals surface area contributed by atoms with E-state index in [0.717, 1.165) is 19.4 Å². The van der Waals surface area contributed by atoms with Gasteiger partial charge in [0.1, 0.15) is 11.4 Å². The maximum absolute atomic E-state index is 12.4. The van der Waals surface area contributed by atoms with Gasteiger partial charge in [0.15, 0.2) is 8.32 Å². The van der Waals surface area contributed by atoms with Gasteiger partial charge in [-0.1, -0.05) is 25.9 Å². The number of nitrogens with two attached hydrogens (primary N) is 1. The van der Waals surface area contributed by atoms with Gasteiger partial charge in [-0.05, 0) is 70.5 Å². The normalized spacial score (nSPS) is 25.3. The fraction of sp³-hybridized carbons (Fsp3) is 0.900. The number of amidine groups is 1. The molecule has 7 heteroatoms. The Bertz CT molecular complexity index is 539. The van der Waals surface area contributed by atoms with Crippen LogP contribution in [0, 0.1) is 11.3 Å². The van der Waals surface area contributed by atoms with Crippen molar-refractivity contribution in [3.05, 3.63) is 0 Å². The predicted octanol–water partition coefficient (Wildman–Crippen LogP) is 4.66. The first-order valence-corrected chi connectivity index (χ1v) is 12.9. The number of nitrogens with zero attached hydrogens (tertiary/aromatic N) is 1. The minimum absolute atomic E-state index is 0.136. The molecule has 1 saturated carbocycles. The van der Waals surface area contributed by atoms with Gasteiger partial charge in [0.2, 0.25) is 0 Å². The number of hydrogen-bond acceptors (Lipinski definition) is 5. The Morgan fingerprint density at radius 2 is 1.70 bits per heavy atom. The molecule has 0 aromatic heterocycles. The number of ether oxygens (including phenoxy) is 1. The average Bonchev–Trinajstić information content (AvgIpc) is 2.50. The Labute approximate surface area is 166 Å². The maximum atomic E-state index is 12.4. The molecule has 1 aliphatic carbocycles. The van der Waals surface area contributed by atoms with Crippen LogP contribution in [0.5, 0.6) is 0 Å². The van der Waals surface area contributed by atoms with Crippen molar-refractivity contribution in [3.8, 4) is 0 Å². The summed E-state index contributed by atoms with van der Waals surface area (Å²) in [7, 11) is -1.77. The van der Waals surface area contributed by atoms with E-state index in [0.29, 0.717) is 18.8 Å². The van der Waals surface area contributed by atoms with Crippen molar-refractivity contribution in [2.45, 2.75) is 97.4 Å². The third-order valence-electron chi connectivity index (χ3n) is 6.10. The van der Waals surface area contributed by atoms with E-state index in [1.807, 2.05) is 20.8 Å². The molecule has 0 aliphatic heterocycles. The fourth-order valence-electron chi connectivity index (χ4n) is 3.22. The van der Waals surface area contributed by atoms with Crippen LogP contribution in [0.1, 0.15) is 73.6 Å². The maximum Gasteiger partial charge on any atom is 0.307 e. The molecule has 0 spiro atoms. The molecular weight excluding hydrogens is 360 g/mol. The summed E-state index contributed by atoms with van der Waals surface area (Å²) in [6.07, 6.45) is 3.35. The molecule has 0 bridgehead atoms. The number of rotatable bonds is 6. The van der Waals surface area contributed by atoms with Crippen molar-refractivity contribution in [1.29, 1.82) is 0 Å². The summed E-state index contributed by atoms with van der Waals surface area (Å²) in [5, 5.41) is 12.7. The number of esters is 1. The number of carbonyl (C=O) groups excluding carboxylic acids is 1. The molecule has 3 N–H and O–H groups in total. The van der Waals surface area contributed by atoms with E-state index in [2.05, 4.69) is 39.0 Å². The first-order chi connectivity index (χ1) is 12.1. The second-order valence-electron chi connectivity index (χ2n) is 10.5. The molecule has 0 amide bonds. The number of hydrogen-bond donors (Lipinski definition) is 2. The first-order valence-electron chi connectivity index (χ1n) is 9.96. The van der Waals surface area contributed by atoms with Crippen molar-refractivity contribution in [2.75, 3.05) is 6.61 Å². The summed E-state index contributed by atoms with van der Waals surface area (Å²) < 4.78 is 11.8. The molecular formula is C20H40N2O4Si. The smallest absolute Gasteiger partial charge is 0.307 e. The highest BCUT2D eigenvalue weighted by Gasteiger charge is 2.43. The Morgan fingerprint density at radius 3 is 2.11 bits per heavy atom. The molecule has 158 valence electrons. The van der Waals surface area contributed by atoms with Gasteiger partial charge >= 0.3 is 5.97 Å². The topological polar surface area (TPSA) is 94.1 Å². The third kappa shape index (κ3) is 6.78. The van der Waals surface area contributed by atoms with Crippen LogP contribution in [0.15, 0.2) is 5.16 Å². The monoisotopic (exact) mass is 400 g/mol. The second kappa shape index (κ2) is 8.51. The lowest BCUT2D eigenvalue weighted by atomic mass is 9.68. The Balaban J connectivity index is 2.73. The Kier molecular flexibility index (Phi) is 7.55. The van der Waals surface area contributed by atoms with Crippen LogP contribution in [0.2, 0.25) is 18.1 Å². The van der Waals surface area contributed by atoms with Crippen molar-refractivity contribution in [3.63, 3.8) is 0 Å². The van der Waals surface area contributed by atoms with Crippen LogP contribution >= 0.6 is 0 Å². The highest BCUT2D eigenvalue weighted by atomic mass is 28.4. The van der Waals surface area contributed by atoms with E-state index < -0.39 is 19.3 Å². The van der Waals surface area contributed by atoms with Gasteiger partial charge in [0.05, 0.1) is 6.42 Å². The van der Waals surface area contributed by atoms with Gasteiger partial charge < -0.3 is 20.1 Å². The van der Waals surface area contributed by atoms with Crippen LogP contribution in [-0.2, 0) is 14.0 Å². The van der Waals surface area contributed by atoms with E-state index in [4.69, 9.17) is 14.9 Å². The van der Waals surface area contributed by atoms with Gasteiger partial charge in [-0.25, -0.2) is 0 Å². The van der Waals surface area contributed by atoms with Gasteiger partial charge in [-0.2, -0.15) is 0 Å². The van der Waals surface area contributed by atoms with Crippen LogP contribution in [-0.4, -0.2) is 37.5 Å². The van der Waals surface area contributed by atoms with Crippen LogP contribution in [0.25, 0.3) is 0 Å². The summed E-state index contributed by atoms with van der Waals surface area (Å²) >= 11 is 0. The van der Waals surface area contributed by atoms with Gasteiger partial charge in [-0.3, -0.25) is 4.79 Å². The fourth-order valence-corrected chi connectivity index (χ4v) is 4.31. The summed E-state index contributed by atoms with van der Waals surface area (Å²) in [6, 6.07) is 0. The van der Waals surface area contributed by atoms with Crippen LogP contribution in [0.4, 0.5) is 0 Å². The molecule has 0 aromatic carbocycles. The first kappa shape index (κ1) is 24.0. The molecule has 0 unspecified atom stereocenters. The Hall–Kier alpha value is -1.08. The standard InChI is InChI=1S/C20H40N2O4Si/c1-18(2,3)26-16(23)13-20(17(21)22-24)11-9-15(10-12-20)14-25-27(7,8)19(4,5)6/h15,24H,9-14H2,1-8H3,(H2,21,22). The molecule has 1 fully saturated rings. The zero-order valence-electron chi connectivity index (χ0n) is 18.5. The van der Waals surface area contributed by atoms with Gasteiger partial charge in [0.25, 0.3) is 0 Å². The number of oxime groups is 1. The lowest BCUT2D eigenvalue weighted by Gasteiger charge is -2.41. The van der Waals surface area contributed by atoms with E-state index in [1.54, 1.807) is 0 Å². The zero-order chi connectivity index (χ0) is 21.1. The summed E-state index contributed by atoms with van der Waals surface area (Å²) in [5.74, 6) is 0.277. The van der Waals surface area contributed by atoms with Crippen molar-refractivity contribution in [1.82, 2.24) is 0 Å². The SMILES string of the molecule is CC(C)(C)OC(=O)CC1(/C(N)=N/O)CCC(CO[Si](C)(C)C(C)(C)C)CC1. The summed E-state index contributed by atoms with van der Waals surface area (Å²) in [4.78, 5) is 12.4. The molecule has 6 nitrogen and oxygen atoms in total. The van der Waals surface area contributed by atoms with E-state index in [-0.39, 0.29) is 23.3 Å². The summed E-state index contributed by atoms with van der Waals surface area (Å²) in [6.45, 7) is 17.5. The number of carbonyl (C=O) groups is 1. The lowest BCUT2D eigenvalue weighted by molar-refractivity contribution is -0.157. The minimum atomic E-state index is -1.77. The highest BCUT2D eigenvalue weighted by molar-refractivity contribution is 6.74. The molecule has 0 atom stereocenters. The minimum Gasteiger partial charge on any atom is -0.460 e. The molecule has 0 radical (unpaired) electrons. The summed E-state index contributed by atoms with van der Waals surface area (Å²) in [5.41, 5.74) is 4.84. The van der Waals surface area contributed by atoms with E-state index >= 15 is 0 Å². The molecule has 0 heterocycles. The van der Waals surface area contributed by atoms with Crippen LogP contribution < -0.4 is 5.73 Å². The third-order valence-corrected chi connectivity index (χ3v) is 10.6. The predicted molar refractivity (Wildman–Crippen MR) is 111 cm³/mol. The van der Waals surface area contributed by atoms with Gasteiger partial charge in [0, 0.05) is 12.0 Å². The van der Waals surface area contributed by atoms with Crippen LogP contribution in [0.3, 0.4) is 0 Å². The highest BCUT2D eigenvalue weighted by Crippen LogP contribution is 2.44. The van der Waals surface area contributed by atoms with Crippen molar-refractivity contribution >= 4 is 20.1 Å². The quantitative estimate of drug-likeness (QED) is 0.169. The largest absolute Gasteiger partial charge is 0.460 e. The van der Waals surface area contributed by atoms with Crippen molar-refractivity contribution in [2.24, 2.45) is 22.2 Å². The lowest BCUT2D eigenvalue weighted by Crippen LogP contribution is -2.45. The molecule has 0 aromatic rings. The second-order valence-corrected chi connectivity index (χ2v) is 15.4. The van der Waals surface area contributed by atoms with Crippen molar-refractivity contribution < 1.29 is 19.2 Å². The Morgan fingerprint density at radius 1 is 1.19 bits per heavy atom. The van der Waals surface area contributed by atoms with Gasteiger partial charge in [-0.15, -0.1) is 0 Å². The van der Waals surface area contributed by atoms with E-state index in [9.17, 15) is 10.0 Å².